The smallest absolute Gasteiger partial charge is 0.233 e. The van der Waals surface area contributed by atoms with E-state index in [0.29, 0.717) is 6.54 Å². The Hall–Kier alpha value is -0.680. The highest BCUT2D eigenvalue weighted by Crippen LogP contribution is 2.29. The lowest BCUT2D eigenvalue weighted by atomic mass is 10.00. The van der Waals surface area contributed by atoms with E-state index in [-0.39, 0.29) is 23.7 Å². The van der Waals surface area contributed by atoms with Gasteiger partial charge in [-0.15, -0.1) is 11.3 Å². The molecule has 2 amide bonds. The highest BCUT2D eigenvalue weighted by Gasteiger charge is 2.42. The van der Waals surface area contributed by atoms with Crippen molar-refractivity contribution < 1.29 is 9.59 Å². The van der Waals surface area contributed by atoms with Crippen LogP contribution in [0, 0.1) is 11.8 Å². The molecule has 0 bridgehead atoms. The molecule has 0 saturated carbocycles. The van der Waals surface area contributed by atoms with Crippen LogP contribution in [0.5, 0.6) is 0 Å². The number of likely N-dealkylation sites (tertiary alicyclic amines) is 1. The van der Waals surface area contributed by atoms with Gasteiger partial charge < -0.3 is 0 Å². The first-order valence-corrected chi connectivity index (χ1v) is 6.76. The third kappa shape index (κ3) is 1.94. The van der Waals surface area contributed by atoms with Crippen molar-refractivity contribution in [2.75, 3.05) is 0 Å². The van der Waals surface area contributed by atoms with Crippen LogP contribution in [0.4, 0.5) is 0 Å². The molecule has 0 radical (unpaired) electrons. The summed E-state index contributed by atoms with van der Waals surface area (Å²) in [5.74, 6) is -0.476. The van der Waals surface area contributed by atoms with Crippen molar-refractivity contribution in [3.8, 4) is 0 Å². The Morgan fingerprint density at radius 3 is 2.31 bits per heavy atom. The molecule has 2 rings (SSSR count). The Labute approximate surface area is 107 Å². The minimum Gasteiger partial charge on any atom is -0.277 e. The average molecular weight is 302 g/mol. The Morgan fingerprint density at radius 1 is 1.31 bits per heavy atom. The fraction of sp³-hybridized carbons (Fsp3) is 0.455. The summed E-state index contributed by atoms with van der Waals surface area (Å²) in [7, 11) is 0. The third-order valence-electron chi connectivity index (χ3n) is 3.00. The van der Waals surface area contributed by atoms with Crippen LogP contribution in [0.2, 0.25) is 0 Å². The van der Waals surface area contributed by atoms with Gasteiger partial charge in [-0.2, -0.15) is 0 Å². The molecule has 0 spiro atoms. The average Bonchev–Trinajstić information content (AvgIpc) is 2.73. The number of nitrogens with zero attached hydrogens (tertiary/aromatic N) is 1. The molecule has 2 atom stereocenters. The second-order valence-corrected chi connectivity index (χ2v) is 5.98. The molecule has 1 saturated heterocycles. The summed E-state index contributed by atoms with van der Waals surface area (Å²) < 4.78 is 0.993. The van der Waals surface area contributed by atoms with Crippen LogP contribution in [-0.2, 0) is 16.1 Å². The van der Waals surface area contributed by atoms with Crippen molar-refractivity contribution in [2.45, 2.75) is 20.4 Å². The van der Waals surface area contributed by atoms with Crippen LogP contribution < -0.4 is 0 Å². The number of imide groups is 1. The van der Waals surface area contributed by atoms with Gasteiger partial charge >= 0.3 is 0 Å². The van der Waals surface area contributed by atoms with E-state index in [1.807, 2.05) is 25.3 Å². The van der Waals surface area contributed by atoms with E-state index in [1.165, 1.54) is 4.90 Å². The first kappa shape index (κ1) is 11.8. The first-order chi connectivity index (χ1) is 7.50. The number of carbonyl (C=O) groups is 2. The fourth-order valence-corrected chi connectivity index (χ4v) is 3.22. The Bertz CT molecular complexity index is 423. The number of rotatable bonds is 2. The van der Waals surface area contributed by atoms with Crippen molar-refractivity contribution in [1.29, 1.82) is 0 Å². The number of hydrogen-bond donors (Lipinski definition) is 0. The van der Waals surface area contributed by atoms with Gasteiger partial charge in [0.15, 0.2) is 0 Å². The molecule has 16 heavy (non-hydrogen) atoms. The molecule has 0 N–H and O–H groups in total. The summed E-state index contributed by atoms with van der Waals surface area (Å²) in [4.78, 5) is 26.1. The van der Waals surface area contributed by atoms with Crippen molar-refractivity contribution >= 4 is 39.1 Å². The van der Waals surface area contributed by atoms with Crippen molar-refractivity contribution in [3.63, 3.8) is 0 Å². The van der Waals surface area contributed by atoms with Gasteiger partial charge in [0.2, 0.25) is 11.8 Å². The molecule has 0 aromatic carbocycles. The summed E-state index contributed by atoms with van der Waals surface area (Å²) in [6.07, 6.45) is 0. The minimum absolute atomic E-state index is 0.0537. The zero-order chi connectivity index (χ0) is 11.9. The number of carbonyl (C=O) groups excluding carboxylic acids is 2. The van der Waals surface area contributed by atoms with Crippen LogP contribution >= 0.6 is 27.3 Å². The van der Waals surface area contributed by atoms with Crippen molar-refractivity contribution in [1.82, 2.24) is 4.90 Å². The van der Waals surface area contributed by atoms with Gasteiger partial charge in [-0.05, 0) is 22.0 Å². The zero-order valence-corrected chi connectivity index (χ0v) is 11.5. The topological polar surface area (TPSA) is 37.4 Å². The van der Waals surface area contributed by atoms with Crippen LogP contribution in [0.15, 0.2) is 15.9 Å². The second kappa shape index (κ2) is 4.30. The molecule has 1 aromatic rings. The molecule has 1 aromatic heterocycles. The maximum atomic E-state index is 11.8. The standard InChI is InChI=1S/C11H12BrNO2S/c1-6-7(2)11(15)13(10(6)14)4-9-3-8(12)5-16-9/h3,5-7H,4H2,1-2H3. The predicted octanol–water partition coefficient (Wildman–Crippen LogP) is 2.65. The van der Waals surface area contributed by atoms with Crippen LogP contribution in [-0.4, -0.2) is 16.7 Å². The molecule has 1 aliphatic heterocycles. The lowest BCUT2D eigenvalue weighted by Crippen LogP contribution is -2.29. The van der Waals surface area contributed by atoms with E-state index in [9.17, 15) is 9.59 Å². The van der Waals surface area contributed by atoms with Gasteiger partial charge in [0.1, 0.15) is 0 Å². The van der Waals surface area contributed by atoms with E-state index in [0.717, 1.165) is 9.35 Å². The van der Waals surface area contributed by atoms with E-state index in [2.05, 4.69) is 15.9 Å². The number of thiophene rings is 1. The summed E-state index contributed by atoms with van der Waals surface area (Å²) in [5, 5.41) is 1.95. The van der Waals surface area contributed by atoms with Crippen LogP contribution in [0.1, 0.15) is 18.7 Å². The van der Waals surface area contributed by atoms with E-state index >= 15 is 0 Å². The predicted molar refractivity (Wildman–Crippen MR) is 65.9 cm³/mol. The normalized spacial score (nSPS) is 25.6. The van der Waals surface area contributed by atoms with Gasteiger partial charge in [-0.3, -0.25) is 14.5 Å². The van der Waals surface area contributed by atoms with Gasteiger partial charge in [0.05, 0.1) is 6.54 Å². The second-order valence-electron chi connectivity index (χ2n) is 4.07. The summed E-state index contributed by atoms with van der Waals surface area (Å²) in [5.41, 5.74) is 0. The van der Waals surface area contributed by atoms with Crippen LogP contribution in [0.25, 0.3) is 0 Å². The fourth-order valence-electron chi connectivity index (χ4n) is 1.78. The molecular weight excluding hydrogens is 290 g/mol. The molecule has 2 heterocycles. The van der Waals surface area contributed by atoms with Crippen molar-refractivity contribution in [3.05, 3.63) is 20.8 Å². The van der Waals surface area contributed by atoms with Crippen molar-refractivity contribution in [2.24, 2.45) is 11.8 Å². The zero-order valence-electron chi connectivity index (χ0n) is 9.07. The molecule has 0 aliphatic carbocycles. The Morgan fingerprint density at radius 2 is 1.88 bits per heavy atom. The van der Waals surface area contributed by atoms with E-state index < -0.39 is 0 Å². The van der Waals surface area contributed by atoms with Gasteiger partial charge in [0, 0.05) is 26.6 Å². The Balaban J connectivity index is 2.16. The van der Waals surface area contributed by atoms with Gasteiger partial charge in [0.25, 0.3) is 0 Å². The largest absolute Gasteiger partial charge is 0.277 e. The number of amides is 2. The molecular formula is C11H12BrNO2S. The SMILES string of the molecule is CC1C(=O)N(Cc2cc(Br)cs2)C(=O)C1C. The number of hydrogen-bond acceptors (Lipinski definition) is 3. The van der Waals surface area contributed by atoms with Crippen LogP contribution in [0.3, 0.4) is 0 Å². The monoisotopic (exact) mass is 301 g/mol. The molecule has 2 unspecified atom stereocenters. The lowest BCUT2D eigenvalue weighted by molar-refractivity contribution is -0.140. The molecule has 86 valence electrons. The molecule has 1 aliphatic rings. The Kier molecular flexibility index (Phi) is 3.17. The summed E-state index contributed by atoms with van der Waals surface area (Å²) in [6, 6.07) is 1.94. The quantitative estimate of drug-likeness (QED) is 0.788. The van der Waals surface area contributed by atoms with Gasteiger partial charge in [-0.1, -0.05) is 13.8 Å². The van der Waals surface area contributed by atoms with Gasteiger partial charge in [-0.25, -0.2) is 0 Å². The summed E-state index contributed by atoms with van der Waals surface area (Å²) in [6.45, 7) is 4.03. The highest BCUT2D eigenvalue weighted by atomic mass is 79.9. The maximum absolute atomic E-state index is 11.8. The lowest BCUT2D eigenvalue weighted by Gasteiger charge is -2.12. The minimum atomic E-state index is -0.184. The number of halogens is 1. The van der Waals surface area contributed by atoms with E-state index in [4.69, 9.17) is 0 Å². The maximum Gasteiger partial charge on any atom is 0.233 e. The first-order valence-electron chi connectivity index (χ1n) is 5.09. The van der Waals surface area contributed by atoms with E-state index in [1.54, 1.807) is 11.3 Å². The third-order valence-corrected chi connectivity index (χ3v) is 4.68. The highest BCUT2D eigenvalue weighted by molar-refractivity contribution is 9.10. The molecule has 3 nitrogen and oxygen atoms in total. The summed E-state index contributed by atoms with van der Waals surface area (Å²) >= 11 is 4.91. The molecule has 1 fully saturated rings. The molecule has 5 heteroatoms.